The molecule has 0 aromatic heterocycles. The van der Waals surface area contributed by atoms with E-state index in [4.69, 9.17) is 9.47 Å². The number of methoxy groups -OCH3 is 1. The molecule has 1 heterocycles. The van der Waals surface area contributed by atoms with Gasteiger partial charge in [-0.05, 0) is 29.8 Å². The topological polar surface area (TPSA) is 50.8 Å². The lowest BCUT2D eigenvalue weighted by atomic mass is 10.1. The minimum atomic E-state index is -0.290. The Hall–Kier alpha value is -2.60. The van der Waals surface area contributed by atoms with E-state index in [9.17, 15) is 9.18 Å². The second-order valence-electron chi connectivity index (χ2n) is 5.52. The van der Waals surface area contributed by atoms with Gasteiger partial charge in [0.05, 0.1) is 20.3 Å². The van der Waals surface area contributed by atoms with Crippen LogP contribution in [0.3, 0.4) is 0 Å². The van der Waals surface area contributed by atoms with Gasteiger partial charge in [0.2, 0.25) is 0 Å². The van der Waals surface area contributed by atoms with Crippen molar-refractivity contribution in [2.45, 2.75) is 6.10 Å². The lowest BCUT2D eigenvalue weighted by Gasteiger charge is -2.33. The Morgan fingerprint density at radius 3 is 2.83 bits per heavy atom. The monoisotopic (exact) mass is 330 g/mol. The standard InChI is InChI=1S/C18H19FN2O3/c1-23-16-4-2-3-15(11-16)20-18(22)21-9-10-24-17(12-21)13-5-7-14(19)8-6-13/h2-8,11,17H,9-10,12H2,1H3,(H,20,22). The number of anilines is 1. The van der Waals surface area contributed by atoms with Gasteiger partial charge in [-0.3, -0.25) is 0 Å². The predicted octanol–water partition coefficient (Wildman–Crippen LogP) is 3.44. The lowest BCUT2D eigenvalue weighted by Crippen LogP contribution is -2.44. The number of ether oxygens (including phenoxy) is 2. The van der Waals surface area contributed by atoms with Crippen LogP contribution >= 0.6 is 0 Å². The van der Waals surface area contributed by atoms with Crippen LogP contribution in [0.15, 0.2) is 48.5 Å². The van der Waals surface area contributed by atoms with Crippen LogP contribution in [0.1, 0.15) is 11.7 Å². The van der Waals surface area contributed by atoms with Gasteiger partial charge in [0.15, 0.2) is 0 Å². The number of amides is 2. The first-order chi connectivity index (χ1) is 11.7. The van der Waals surface area contributed by atoms with Gasteiger partial charge >= 0.3 is 6.03 Å². The molecule has 0 spiro atoms. The van der Waals surface area contributed by atoms with Crippen molar-refractivity contribution >= 4 is 11.7 Å². The molecule has 1 saturated heterocycles. The highest BCUT2D eigenvalue weighted by Gasteiger charge is 2.25. The van der Waals surface area contributed by atoms with Crippen LogP contribution in [0.2, 0.25) is 0 Å². The number of hydrogen-bond donors (Lipinski definition) is 1. The first kappa shape index (κ1) is 16.3. The number of halogens is 1. The molecule has 0 bridgehead atoms. The van der Waals surface area contributed by atoms with Crippen LogP contribution in [-0.4, -0.2) is 37.7 Å². The fourth-order valence-electron chi connectivity index (χ4n) is 2.62. The van der Waals surface area contributed by atoms with Crippen LogP contribution in [-0.2, 0) is 4.74 Å². The first-order valence-electron chi connectivity index (χ1n) is 7.73. The van der Waals surface area contributed by atoms with Crippen molar-refractivity contribution in [2.75, 3.05) is 32.1 Å². The Balaban J connectivity index is 1.65. The highest BCUT2D eigenvalue weighted by atomic mass is 19.1. The van der Waals surface area contributed by atoms with Gasteiger partial charge in [0.1, 0.15) is 17.7 Å². The molecule has 2 aromatic rings. The third kappa shape index (κ3) is 3.83. The molecule has 1 atom stereocenters. The van der Waals surface area contributed by atoms with E-state index in [1.165, 1.54) is 12.1 Å². The fraction of sp³-hybridized carbons (Fsp3) is 0.278. The number of benzene rings is 2. The van der Waals surface area contributed by atoms with Gasteiger partial charge in [-0.1, -0.05) is 18.2 Å². The van der Waals surface area contributed by atoms with E-state index in [2.05, 4.69) is 5.32 Å². The highest BCUT2D eigenvalue weighted by molar-refractivity contribution is 5.89. The van der Waals surface area contributed by atoms with Crippen LogP contribution in [0.4, 0.5) is 14.9 Å². The summed E-state index contributed by atoms with van der Waals surface area (Å²) >= 11 is 0. The maximum Gasteiger partial charge on any atom is 0.322 e. The van der Waals surface area contributed by atoms with Crippen molar-refractivity contribution in [2.24, 2.45) is 0 Å². The third-order valence-corrected chi connectivity index (χ3v) is 3.92. The van der Waals surface area contributed by atoms with Gasteiger partial charge in [-0.25, -0.2) is 9.18 Å². The quantitative estimate of drug-likeness (QED) is 0.938. The van der Waals surface area contributed by atoms with Gasteiger partial charge < -0.3 is 19.7 Å². The van der Waals surface area contributed by atoms with Gasteiger partial charge in [0.25, 0.3) is 0 Å². The zero-order chi connectivity index (χ0) is 16.9. The molecule has 126 valence electrons. The molecule has 5 nitrogen and oxygen atoms in total. The van der Waals surface area contributed by atoms with Crippen molar-refractivity contribution < 1.29 is 18.7 Å². The average Bonchev–Trinajstić information content (AvgIpc) is 2.62. The summed E-state index contributed by atoms with van der Waals surface area (Å²) in [5.41, 5.74) is 1.53. The molecule has 1 N–H and O–H groups in total. The molecule has 1 aliphatic heterocycles. The minimum Gasteiger partial charge on any atom is -0.497 e. The first-order valence-corrected chi connectivity index (χ1v) is 7.73. The van der Waals surface area contributed by atoms with E-state index in [0.717, 1.165) is 5.56 Å². The maximum atomic E-state index is 13.0. The molecule has 0 saturated carbocycles. The molecule has 1 unspecified atom stereocenters. The Kier molecular flexibility index (Phi) is 4.96. The molecule has 6 heteroatoms. The average molecular weight is 330 g/mol. The highest BCUT2D eigenvalue weighted by Crippen LogP contribution is 2.23. The molecule has 1 aliphatic rings. The number of carbonyl (C=O) groups excluding carboxylic acids is 1. The van der Waals surface area contributed by atoms with Crippen molar-refractivity contribution in [1.82, 2.24) is 4.90 Å². The SMILES string of the molecule is COc1cccc(NC(=O)N2CCOC(c3ccc(F)cc3)C2)c1. The van der Waals surface area contributed by atoms with E-state index < -0.39 is 0 Å². The van der Waals surface area contributed by atoms with E-state index in [0.29, 0.717) is 31.1 Å². The molecular weight excluding hydrogens is 311 g/mol. The van der Waals surface area contributed by atoms with Gasteiger partial charge in [0, 0.05) is 18.3 Å². The Labute approximate surface area is 140 Å². The summed E-state index contributed by atoms with van der Waals surface area (Å²) < 4.78 is 23.9. The number of nitrogens with zero attached hydrogens (tertiary/aromatic N) is 1. The summed E-state index contributed by atoms with van der Waals surface area (Å²) in [6, 6.07) is 13.2. The summed E-state index contributed by atoms with van der Waals surface area (Å²) in [6.07, 6.45) is -0.254. The molecule has 1 fully saturated rings. The van der Waals surface area contributed by atoms with Crippen LogP contribution in [0.5, 0.6) is 5.75 Å². The summed E-state index contributed by atoms with van der Waals surface area (Å²) in [5, 5.41) is 2.86. The van der Waals surface area contributed by atoms with E-state index in [1.807, 2.05) is 12.1 Å². The summed E-state index contributed by atoms with van der Waals surface area (Å²) in [6.45, 7) is 1.36. The molecule has 3 rings (SSSR count). The van der Waals surface area contributed by atoms with E-state index in [1.54, 1.807) is 36.3 Å². The van der Waals surface area contributed by atoms with Crippen molar-refractivity contribution in [3.63, 3.8) is 0 Å². The predicted molar refractivity (Wildman–Crippen MR) is 88.7 cm³/mol. The molecule has 2 aromatic carbocycles. The van der Waals surface area contributed by atoms with Gasteiger partial charge in [-0.2, -0.15) is 0 Å². The number of rotatable bonds is 3. The zero-order valence-corrected chi connectivity index (χ0v) is 13.4. The zero-order valence-electron chi connectivity index (χ0n) is 13.4. The molecule has 24 heavy (non-hydrogen) atoms. The fourth-order valence-corrected chi connectivity index (χ4v) is 2.62. The van der Waals surface area contributed by atoms with Crippen LogP contribution in [0.25, 0.3) is 0 Å². The van der Waals surface area contributed by atoms with Crippen molar-refractivity contribution in [1.29, 1.82) is 0 Å². The van der Waals surface area contributed by atoms with Crippen molar-refractivity contribution in [3.05, 3.63) is 59.9 Å². The summed E-state index contributed by atoms with van der Waals surface area (Å²) in [7, 11) is 1.58. The minimum absolute atomic E-state index is 0.196. The number of nitrogens with one attached hydrogen (secondary N) is 1. The molecular formula is C18H19FN2O3. The van der Waals surface area contributed by atoms with Gasteiger partial charge in [-0.15, -0.1) is 0 Å². The number of urea groups is 1. The van der Waals surface area contributed by atoms with Crippen LogP contribution in [0, 0.1) is 5.82 Å². The summed E-state index contributed by atoms with van der Waals surface area (Å²) in [5.74, 6) is 0.390. The second kappa shape index (κ2) is 7.31. The normalized spacial score (nSPS) is 17.4. The Morgan fingerprint density at radius 2 is 2.08 bits per heavy atom. The molecule has 2 amide bonds. The van der Waals surface area contributed by atoms with Crippen molar-refractivity contribution in [3.8, 4) is 5.75 Å². The number of carbonyl (C=O) groups is 1. The van der Waals surface area contributed by atoms with E-state index >= 15 is 0 Å². The smallest absolute Gasteiger partial charge is 0.322 e. The Morgan fingerprint density at radius 1 is 1.29 bits per heavy atom. The van der Waals surface area contributed by atoms with E-state index in [-0.39, 0.29) is 18.0 Å². The second-order valence-corrected chi connectivity index (χ2v) is 5.52. The molecule has 0 radical (unpaired) electrons. The summed E-state index contributed by atoms with van der Waals surface area (Å²) in [4.78, 5) is 14.1. The molecule has 0 aliphatic carbocycles. The largest absolute Gasteiger partial charge is 0.497 e. The maximum absolute atomic E-state index is 13.0. The lowest BCUT2D eigenvalue weighted by molar-refractivity contribution is -0.0135. The number of hydrogen-bond acceptors (Lipinski definition) is 3. The van der Waals surface area contributed by atoms with Crippen LogP contribution < -0.4 is 10.1 Å². The number of morpholine rings is 1. The Bertz CT molecular complexity index is 706. The third-order valence-electron chi connectivity index (χ3n) is 3.92.